The van der Waals surface area contributed by atoms with Crippen molar-refractivity contribution in [2.45, 2.75) is 19.4 Å². The lowest BCUT2D eigenvalue weighted by molar-refractivity contribution is -0.137. The van der Waals surface area contributed by atoms with Crippen molar-refractivity contribution in [1.82, 2.24) is 0 Å². The van der Waals surface area contributed by atoms with Crippen LogP contribution in [0.15, 0.2) is 18.2 Å². The molecule has 82 valence electrons. The lowest BCUT2D eigenvalue weighted by atomic mass is 10.2. The lowest BCUT2D eigenvalue weighted by Gasteiger charge is -2.14. The third kappa shape index (κ3) is 3.29. The summed E-state index contributed by atoms with van der Waals surface area (Å²) in [7, 11) is 0. The number of aliphatic carboxylic acids is 1. The summed E-state index contributed by atoms with van der Waals surface area (Å²) in [6, 6.07) is 4.23. The molecule has 1 atom stereocenters. The number of benzene rings is 1. The van der Waals surface area contributed by atoms with Gasteiger partial charge in [-0.2, -0.15) is 0 Å². The molecule has 0 aliphatic rings. The van der Waals surface area contributed by atoms with Crippen molar-refractivity contribution in [3.05, 3.63) is 28.2 Å². The Morgan fingerprint density at radius 1 is 1.53 bits per heavy atom. The van der Waals surface area contributed by atoms with Crippen LogP contribution in [0.4, 0.5) is 5.69 Å². The third-order valence-corrected chi connectivity index (χ3v) is 2.53. The monoisotopic (exact) mass is 247 g/mol. The number of rotatable bonds is 4. The van der Waals surface area contributed by atoms with Gasteiger partial charge in [0.25, 0.3) is 0 Å². The molecule has 1 rings (SSSR count). The maximum absolute atomic E-state index is 10.8. The fourth-order valence-corrected chi connectivity index (χ4v) is 1.48. The molecule has 3 nitrogen and oxygen atoms in total. The third-order valence-electron chi connectivity index (χ3n) is 1.96. The quantitative estimate of drug-likeness (QED) is 0.859. The second-order valence-electron chi connectivity index (χ2n) is 3.07. The molecule has 1 aromatic rings. The van der Waals surface area contributed by atoms with Crippen LogP contribution < -0.4 is 5.32 Å². The Kier molecular flexibility index (Phi) is 4.24. The number of nitrogens with one attached hydrogen (secondary N) is 1. The molecule has 0 saturated carbocycles. The van der Waals surface area contributed by atoms with E-state index in [0.29, 0.717) is 22.2 Å². The topological polar surface area (TPSA) is 49.3 Å². The summed E-state index contributed by atoms with van der Waals surface area (Å²) < 4.78 is 0. The lowest BCUT2D eigenvalue weighted by Crippen LogP contribution is -2.28. The molecule has 0 aliphatic heterocycles. The second-order valence-corrected chi connectivity index (χ2v) is 3.91. The Bertz CT molecular complexity index is 368. The highest BCUT2D eigenvalue weighted by atomic mass is 35.5. The molecule has 0 aromatic heterocycles. The van der Waals surface area contributed by atoms with Crippen molar-refractivity contribution in [2.24, 2.45) is 0 Å². The normalized spacial score (nSPS) is 12.2. The summed E-state index contributed by atoms with van der Waals surface area (Å²) >= 11 is 11.7. The predicted octanol–water partition coefficient (Wildman–Crippen LogP) is 3.27. The molecular weight excluding hydrogens is 237 g/mol. The Balaban J connectivity index is 2.87. The minimum Gasteiger partial charge on any atom is -0.480 e. The minimum atomic E-state index is -0.909. The first-order valence-corrected chi connectivity index (χ1v) is 5.24. The van der Waals surface area contributed by atoms with E-state index in [1.807, 2.05) is 0 Å². The molecule has 0 spiro atoms. The van der Waals surface area contributed by atoms with E-state index in [0.717, 1.165) is 0 Å². The molecule has 1 unspecified atom stereocenters. The highest BCUT2D eigenvalue weighted by Gasteiger charge is 2.15. The van der Waals surface area contributed by atoms with E-state index in [2.05, 4.69) is 5.32 Å². The number of hydrogen-bond acceptors (Lipinski definition) is 2. The van der Waals surface area contributed by atoms with E-state index < -0.39 is 12.0 Å². The van der Waals surface area contributed by atoms with Gasteiger partial charge in [-0.15, -0.1) is 0 Å². The van der Waals surface area contributed by atoms with Crippen LogP contribution in [0, 0.1) is 0 Å². The molecule has 0 amide bonds. The molecule has 0 radical (unpaired) electrons. The van der Waals surface area contributed by atoms with Gasteiger partial charge in [0.15, 0.2) is 0 Å². The fraction of sp³-hybridized carbons (Fsp3) is 0.300. The van der Waals surface area contributed by atoms with E-state index in [1.54, 1.807) is 25.1 Å². The first-order chi connectivity index (χ1) is 7.04. The zero-order chi connectivity index (χ0) is 11.4. The van der Waals surface area contributed by atoms with Crippen LogP contribution >= 0.6 is 23.2 Å². The fourth-order valence-electron chi connectivity index (χ4n) is 1.13. The Labute approximate surface area is 98.0 Å². The first kappa shape index (κ1) is 12.1. The van der Waals surface area contributed by atoms with Crippen molar-refractivity contribution in [3.63, 3.8) is 0 Å². The van der Waals surface area contributed by atoms with Crippen LogP contribution in [0.2, 0.25) is 10.0 Å². The van der Waals surface area contributed by atoms with Crippen molar-refractivity contribution in [2.75, 3.05) is 5.32 Å². The van der Waals surface area contributed by atoms with E-state index in [9.17, 15) is 4.79 Å². The molecule has 0 aliphatic carbocycles. The van der Waals surface area contributed by atoms with Crippen LogP contribution in [0.3, 0.4) is 0 Å². The largest absolute Gasteiger partial charge is 0.480 e. The summed E-state index contributed by atoms with van der Waals surface area (Å²) in [5.74, 6) is -0.909. The van der Waals surface area contributed by atoms with Crippen molar-refractivity contribution in [1.29, 1.82) is 0 Å². The summed E-state index contributed by atoms with van der Waals surface area (Å²) in [6.07, 6.45) is 0.470. The van der Waals surface area contributed by atoms with Gasteiger partial charge >= 0.3 is 5.97 Å². The summed E-state index contributed by atoms with van der Waals surface area (Å²) in [5, 5.41) is 12.7. The summed E-state index contributed by atoms with van der Waals surface area (Å²) in [5.41, 5.74) is 0.540. The van der Waals surface area contributed by atoms with E-state index in [4.69, 9.17) is 28.3 Å². The smallest absolute Gasteiger partial charge is 0.326 e. The number of carbonyl (C=O) groups is 1. The highest BCUT2D eigenvalue weighted by Crippen LogP contribution is 2.26. The van der Waals surface area contributed by atoms with E-state index in [1.165, 1.54) is 0 Å². The zero-order valence-electron chi connectivity index (χ0n) is 8.13. The van der Waals surface area contributed by atoms with E-state index >= 15 is 0 Å². The molecule has 0 fully saturated rings. The van der Waals surface area contributed by atoms with E-state index in [-0.39, 0.29) is 0 Å². The minimum absolute atomic E-state index is 0.458. The van der Waals surface area contributed by atoms with Gasteiger partial charge in [-0.25, -0.2) is 4.79 Å². The van der Waals surface area contributed by atoms with Crippen molar-refractivity contribution in [3.8, 4) is 0 Å². The average molecular weight is 248 g/mol. The summed E-state index contributed by atoms with van der Waals surface area (Å²) in [4.78, 5) is 10.8. The van der Waals surface area contributed by atoms with Crippen LogP contribution in [-0.4, -0.2) is 17.1 Å². The van der Waals surface area contributed by atoms with Crippen molar-refractivity contribution >= 4 is 34.9 Å². The van der Waals surface area contributed by atoms with Gasteiger partial charge in [-0.05, 0) is 24.6 Å². The second kappa shape index (κ2) is 5.24. The van der Waals surface area contributed by atoms with Crippen LogP contribution in [0.1, 0.15) is 13.3 Å². The van der Waals surface area contributed by atoms with Gasteiger partial charge in [0.1, 0.15) is 6.04 Å². The van der Waals surface area contributed by atoms with Crippen LogP contribution in [-0.2, 0) is 4.79 Å². The Morgan fingerprint density at radius 2 is 2.20 bits per heavy atom. The number of carboxylic acid groups (broad SMARTS) is 1. The molecule has 15 heavy (non-hydrogen) atoms. The highest BCUT2D eigenvalue weighted by molar-refractivity contribution is 6.35. The van der Waals surface area contributed by atoms with Crippen LogP contribution in [0.5, 0.6) is 0 Å². The number of anilines is 1. The SMILES string of the molecule is CCC(Nc1cc(Cl)ccc1Cl)C(=O)O. The standard InChI is InChI=1S/C10H11Cl2NO2/c1-2-8(10(14)15)13-9-5-6(11)3-4-7(9)12/h3-5,8,13H,2H2,1H3,(H,14,15). The van der Waals surface area contributed by atoms with Gasteiger partial charge in [0.2, 0.25) is 0 Å². The molecule has 5 heteroatoms. The zero-order valence-corrected chi connectivity index (χ0v) is 9.64. The van der Waals surface area contributed by atoms with Gasteiger partial charge in [-0.3, -0.25) is 0 Å². The molecule has 0 heterocycles. The maximum Gasteiger partial charge on any atom is 0.326 e. The summed E-state index contributed by atoms with van der Waals surface area (Å²) in [6.45, 7) is 1.78. The molecular formula is C10H11Cl2NO2. The van der Waals surface area contributed by atoms with Crippen molar-refractivity contribution < 1.29 is 9.90 Å². The number of hydrogen-bond donors (Lipinski definition) is 2. The molecule has 0 saturated heterocycles. The Morgan fingerprint density at radius 3 is 2.73 bits per heavy atom. The first-order valence-electron chi connectivity index (χ1n) is 4.49. The molecule has 2 N–H and O–H groups in total. The molecule has 0 bridgehead atoms. The van der Waals surface area contributed by atoms with Gasteiger partial charge in [0, 0.05) is 5.02 Å². The Hall–Kier alpha value is -0.930. The van der Waals surface area contributed by atoms with Crippen LogP contribution in [0.25, 0.3) is 0 Å². The average Bonchev–Trinajstić information content (AvgIpc) is 2.18. The van der Waals surface area contributed by atoms with Gasteiger partial charge < -0.3 is 10.4 Å². The van der Waals surface area contributed by atoms with Gasteiger partial charge in [-0.1, -0.05) is 30.1 Å². The predicted molar refractivity (Wildman–Crippen MR) is 61.8 cm³/mol. The number of carboxylic acids is 1. The molecule has 1 aromatic carbocycles. The number of halogens is 2. The maximum atomic E-state index is 10.8. The van der Waals surface area contributed by atoms with Gasteiger partial charge in [0.05, 0.1) is 10.7 Å².